The summed E-state index contributed by atoms with van der Waals surface area (Å²) in [6, 6.07) is 20.3. The van der Waals surface area contributed by atoms with Crippen LogP contribution in [0.1, 0.15) is 137 Å². The molecule has 0 unspecified atom stereocenters. The summed E-state index contributed by atoms with van der Waals surface area (Å²) in [7, 11) is -1.19. The van der Waals surface area contributed by atoms with Crippen molar-refractivity contribution in [1.82, 2.24) is 4.90 Å². The number of aryl methyl sites for hydroxylation is 1. The first-order valence-electron chi connectivity index (χ1n) is 19.4. The minimum atomic E-state index is -0.476. The van der Waals surface area contributed by atoms with E-state index in [1.54, 1.807) is 0 Å². The highest BCUT2D eigenvalue weighted by molar-refractivity contribution is 7.11. The van der Waals surface area contributed by atoms with Gasteiger partial charge in [-0.1, -0.05) is 115 Å². The van der Waals surface area contributed by atoms with Crippen LogP contribution in [0.2, 0.25) is 0 Å². The molecule has 0 aliphatic carbocycles. The van der Waals surface area contributed by atoms with Crippen LogP contribution in [0.5, 0.6) is 0 Å². The maximum atomic E-state index is 5.96. The molecule has 3 aliphatic rings. The highest BCUT2D eigenvalue weighted by atomic mass is 16.7. The van der Waals surface area contributed by atoms with Gasteiger partial charge in [0.1, 0.15) is 0 Å². The van der Waals surface area contributed by atoms with Gasteiger partial charge in [-0.15, -0.1) is 0 Å². The van der Waals surface area contributed by atoms with Crippen LogP contribution < -0.4 is 5.46 Å². The quantitative estimate of drug-likeness (QED) is 0.287. The standard InChI is InChI=1S/C12H24B2O4.C12H17BO2.C7H8.C6H15N.2C2H6/c1-9(2)10(3,4)16-13(15-9)14-17-11(5,6)12(7,8)18-14;1-11(2)12(3,4)15-13(14-11)10-8-6-5-7-9-10;1-7-5-3-2-4-6-7;1-4-7(5-2)6-3;2*1-2/h1-8H3;5-9H,1-4H3;2-6H,1H3;4-6H2,1-3H3;2*1-2H3. The molecule has 3 heterocycles. The zero-order chi connectivity index (χ0) is 39.9. The molecule has 7 nitrogen and oxygen atoms in total. The lowest BCUT2D eigenvalue weighted by Gasteiger charge is -2.32. The third kappa shape index (κ3) is 14.3. The van der Waals surface area contributed by atoms with E-state index in [-0.39, 0.29) is 40.7 Å². The number of nitrogens with zero attached hydrogens (tertiary/aromatic N) is 1. The van der Waals surface area contributed by atoms with Crippen molar-refractivity contribution in [2.75, 3.05) is 19.6 Å². The van der Waals surface area contributed by atoms with Gasteiger partial charge in [-0.2, -0.15) is 0 Å². The Hall–Kier alpha value is -1.65. The summed E-state index contributed by atoms with van der Waals surface area (Å²) >= 11 is 0. The molecule has 0 spiro atoms. The van der Waals surface area contributed by atoms with Crippen molar-refractivity contribution in [3.8, 4) is 0 Å². The second kappa shape index (κ2) is 21.3. The molecule has 2 aromatic rings. The van der Waals surface area contributed by atoms with Crippen molar-refractivity contribution in [3.05, 3.63) is 66.2 Å². The summed E-state index contributed by atoms with van der Waals surface area (Å²) in [5, 5.41) is 0. The first-order chi connectivity index (χ1) is 23.5. The molecule has 0 atom stereocenters. The third-order valence-electron chi connectivity index (χ3n) is 10.4. The molecule has 3 saturated heterocycles. The van der Waals surface area contributed by atoms with Crippen LogP contribution in [0, 0.1) is 6.92 Å². The van der Waals surface area contributed by atoms with Crippen LogP contribution in [-0.4, -0.2) is 79.3 Å². The summed E-state index contributed by atoms with van der Waals surface area (Å²) in [5.41, 5.74) is 0.449. The molecule has 290 valence electrons. The van der Waals surface area contributed by atoms with Crippen LogP contribution >= 0.6 is 0 Å². The second-order valence-electron chi connectivity index (χ2n) is 15.5. The monoisotopic (exact) mass is 712 g/mol. The van der Waals surface area contributed by atoms with Gasteiger partial charge < -0.3 is 32.8 Å². The lowest BCUT2D eigenvalue weighted by Crippen LogP contribution is -2.41. The van der Waals surface area contributed by atoms with E-state index in [4.69, 9.17) is 27.9 Å². The van der Waals surface area contributed by atoms with Gasteiger partial charge in [-0.05, 0) is 115 Å². The fourth-order valence-corrected chi connectivity index (χ4v) is 4.79. The number of hydrogen-bond acceptors (Lipinski definition) is 7. The molecule has 0 N–H and O–H groups in total. The Kier molecular flexibility index (Phi) is 20.6. The van der Waals surface area contributed by atoms with Gasteiger partial charge in [0.2, 0.25) is 0 Å². The zero-order valence-electron chi connectivity index (χ0n) is 36.5. The third-order valence-corrected chi connectivity index (χ3v) is 10.4. The van der Waals surface area contributed by atoms with Gasteiger partial charge in [-0.25, -0.2) is 0 Å². The van der Waals surface area contributed by atoms with Gasteiger partial charge in [0.15, 0.2) is 0 Å². The van der Waals surface area contributed by atoms with Gasteiger partial charge >= 0.3 is 21.1 Å². The molecule has 2 aromatic carbocycles. The van der Waals surface area contributed by atoms with Crippen molar-refractivity contribution in [1.29, 1.82) is 0 Å². The van der Waals surface area contributed by atoms with E-state index < -0.39 is 14.0 Å². The van der Waals surface area contributed by atoms with E-state index in [2.05, 4.69) is 72.4 Å². The molecule has 0 amide bonds. The van der Waals surface area contributed by atoms with Crippen LogP contribution in [0.4, 0.5) is 0 Å². The fourth-order valence-electron chi connectivity index (χ4n) is 4.79. The van der Waals surface area contributed by atoms with E-state index in [1.807, 2.05) is 132 Å². The molecule has 0 bridgehead atoms. The Morgan fingerprint density at radius 1 is 0.431 bits per heavy atom. The largest absolute Gasteiger partial charge is 0.494 e. The van der Waals surface area contributed by atoms with Crippen molar-refractivity contribution in [3.63, 3.8) is 0 Å². The first kappa shape index (κ1) is 49.4. The normalized spacial score (nSPS) is 20.9. The van der Waals surface area contributed by atoms with Crippen LogP contribution in [0.3, 0.4) is 0 Å². The average Bonchev–Trinajstić information content (AvgIpc) is 3.54. The molecule has 0 saturated carbocycles. The van der Waals surface area contributed by atoms with E-state index in [1.165, 1.54) is 25.2 Å². The maximum absolute atomic E-state index is 5.96. The summed E-state index contributed by atoms with van der Waals surface area (Å²) in [5.74, 6) is 0. The molecule has 51 heavy (non-hydrogen) atoms. The Bertz CT molecular complexity index is 1120. The van der Waals surface area contributed by atoms with E-state index >= 15 is 0 Å². The topological polar surface area (TPSA) is 58.6 Å². The van der Waals surface area contributed by atoms with Gasteiger partial charge in [0.25, 0.3) is 0 Å². The number of rotatable bonds is 5. The first-order valence-corrected chi connectivity index (χ1v) is 19.4. The smallest absolute Gasteiger partial charge is 0.405 e. The Morgan fingerprint density at radius 2 is 0.686 bits per heavy atom. The Labute approximate surface area is 316 Å². The van der Waals surface area contributed by atoms with Crippen LogP contribution in [-0.2, 0) is 27.9 Å². The predicted molar refractivity (Wildman–Crippen MR) is 222 cm³/mol. The second-order valence-corrected chi connectivity index (χ2v) is 15.5. The van der Waals surface area contributed by atoms with Gasteiger partial charge in [0.05, 0.1) is 33.6 Å². The number of hydrogen-bond donors (Lipinski definition) is 0. The molecule has 10 heteroatoms. The van der Waals surface area contributed by atoms with E-state index in [0.29, 0.717) is 0 Å². The molecule has 0 radical (unpaired) electrons. The van der Waals surface area contributed by atoms with Crippen molar-refractivity contribution in [2.24, 2.45) is 0 Å². The van der Waals surface area contributed by atoms with E-state index in [0.717, 1.165) is 5.46 Å². The lowest BCUT2D eigenvalue weighted by molar-refractivity contribution is 0.00578. The fraction of sp³-hybridized carbons (Fsp3) is 0.707. The minimum absolute atomic E-state index is 0.240. The summed E-state index contributed by atoms with van der Waals surface area (Å²) < 4.78 is 35.7. The summed E-state index contributed by atoms with van der Waals surface area (Å²) in [4.78, 5) is 2.38. The zero-order valence-corrected chi connectivity index (χ0v) is 36.5. The molecule has 0 aromatic heterocycles. The van der Waals surface area contributed by atoms with E-state index in [9.17, 15) is 0 Å². The number of benzene rings is 2. The van der Waals surface area contributed by atoms with Crippen LogP contribution in [0.15, 0.2) is 60.7 Å². The molecule has 3 fully saturated rings. The minimum Gasteiger partial charge on any atom is -0.405 e. The molecular weight excluding hydrogens is 635 g/mol. The Morgan fingerprint density at radius 3 is 0.902 bits per heavy atom. The molecule has 3 aliphatic heterocycles. The summed E-state index contributed by atoms with van der Waals surface area (Å²) in [6.45, 7) is 44.7. The maximum Gasteiger partial charge on any atom is 0.494 e. The van der Waals surface area contributed by atoms with Crippen molar-refractivity contribution < 1.29 is 27.9 Å². The Balaban J connectivity index is 0.000000678. The highest BCUT2D eigenvalue weighted by Crippen LogP contribution is 2.43. The lowest BCUT2D eigenvalue weighted by atomic mass is 9.49. The SMILES string of the molecule is CC.CC.CC1(C)OB(B2OC(C)(C)C(C)(C)O2)OC1(C)C.CC1(C)OB(c2ccccc2)OC1(C)C.CCN(CC)CC.Cc1ccccc1. The molecular formula is C41H76B3NO6. The van der Waals surface area contributed by atoms with Crippen molar-refractivity contribution in [2.45, 2.75) is 172 Å². The van der Waals surface area contributed by atoms with Gasteiger partial charge in [0, 0.05) is 0 Å². The van der Waals surface area contributed by atoms with Crippen molar-refractivity contribution >= 4 is 26.6 Å². The molecule has 5 rings (SSSR count). The highest BCUT2D eigenvalue weighted by Gasteiger charge is 2.63. The summed E-state index contributed by atoms with van der Waals surface area (Å²) in [6.07, 6.45) is 0. The average molecular weight is 711 g/mol. The van der Waals surface area contributed by atoms with Gasteiger partial charge in [-0.3, -0.25) is 0 Å². The van der Waals surface area contributed by atoms with Crippen LogP contribution in [0.25, 0.3) is 0 Å². The predicted octanol–water partition coefficient (Wildman–Crippen LogP) is 9.63.